The van der Waals surface area contributed by atoms with Gasteiger partial charge in [0.15, 0.2) is 11.5 Å². The van der Waals surface area contributed by atoms with Gasteiger partial charge in [0, 0.05) is 12.3 Å². The first-order valence-corrected chi connectivity index (χ1v) is 8.21. The third kappa shape index (κ3) is 4.86. The van der Waals surface area contributed by atoms with Gasteiger partial charge in [0.2, 0.25) is 0 Å². The van der Waals surface area contributed by atoms with Crippen LogP contribution in [0.1, 0.15) is 38.7 Å². The second-order valence-electron chi connectivity index (χ2n) is 6.61. The minimum Gasteiger partial charge on any atom is -0.504 e. The summed E-state index contributed by atoms with van der Waals surface area (Å²) in [6, 6.07) is 5.13. The second kappa shape index (κ2) is 7.68. The number of piperidine rings is 1. The van der Waals surface area contributed by atoms with Crippen LogP contribution in [0.4, 0.5) is 0 Å². The highest BCUT2D eigenvalue weighted by molar-refractivity contribution is 5.70. The van der Waals surface area contributed by atoms with Crippen LogP contribution in [0, 0.1) is 5.92 Å². The third-order valence-corrected chi connectivity index (χ3v) is 4.56. The third-order valence-electron chi connectivity index (χ3n) is 4.56. The van der Waals surface area contributed by atoms with Gasteiger partial charge in [-0.3, -0.25) is 4.79 Å². The monoisotopic (exact) mass is 321 g/mol. The van der Waals surface area contributed by atoms with Crippen LogP contribution in [0.2, 0.25) is 0 Å². The van der Waals surface area contributed by atoms with Crippen molar-refractivity contribution in [1.29, 1.82) is 0 Å². The van der Waals surface area contributed by atoms with E-state index >= 15 is 0 Å². The average Bonchev–Trinajstić information content (AvgIpc) is 2.54. The fourth-order valence-corrected chi connectivity index (χ4v) is 3.07. The molecule has 5 heteroatoms. The Balaban J connectivity index is 1.87. The van der Waals surface area contributed by atoms with Gasteiger partial charge in [-0.15, -0.1) is 0 Å². The molecule has 0 saturated carbocycles. The van der Waals surface area contributed by atoms with Gasteiger partial charge in [-0.2, -0.15) is 0 Å². The van der Waals surface area contributed by atoms with E-state index in [-0.39, 0.29) is 11.7 Å². The number of aromatic hydroxyl groups is 1. The van der Waals surface area contributed by atoms with Crippen LogP contribution < -0.4 is 10.1 Å². The van der Waals surface area contributed by atoms with Gasteiger partial charge in [-0.1, -0.05) is 6.07 Å². The molecule has 0 aliphatic carbocycles. The van der Waals surface area contributed by atoms with Crippen molar-refractivity contribution in [2.75, 3.05) is 20.2 Å². The summed E-state index contributed by atoms with van der Waals surface area (Å²) in [5, 5.41) is 12.9. The first-order valence-electron chi connectivity index (χ1n) is 8.21. The first kappa shape index (κ1) is 17.6. The molecule has 0 unspecified atom stereocenters. The summed E-state index contributed by atoms with van der Waals surface area (Å²) in [4.78, 5) is 12.2. The quantitative estimate of drug-likeness (QED) is 0.789. The molecule has 1 saturated heterocycles. The number of carbonyl (C=O) groups excluding carboxylic acids is 1. The van der Waals surface area contributed by atoms with Crippen LogP contribution in [-0.2, 0) is 16.0 Å². The molecular formula is C18H27NO4. The average molecular weight is 321 g/mol. The molecule has 1 fully saturated rings. The van der Waals surface area contributed by atoms with Gasteiger partial charge in [0.25, 0.3) is 0 Å². The minimum atomic E-state index is -0.425. The fourth-order valence-electron chi connectivity index (χ4n) is 3.07. The zero-order valence-corrected chi connectivity index (χ0v) is 14.2. The molecule has 128 valence electrons. The van der Waals surface area contributed by atoms with E-state index in [2.05, 4.69) is 5.32 Å². The second-order valence-corrected chi connectivity index (χ2v) is 6.61. The fraction of sp³-hybridized carbons (Fsp3) is 0.611. The van der Waals surface area contributed by atoms with Crippen LogP contribution >= 0.6 is 0 Å². The molecule has 0 aromatic heterocycles. The van der Waals surface area contributed by atoms with Crippen molar-refractivity contribution < 1.29 is 19.4 Å². The Morgan fingerprint density at radius 1 is 1.35 bits per heavy atom. The van der Waals surface area contributed by atoms with E-state index < -0.39 is 5.60 Å². The molecule has 0 bridgehead atoms. The predicted molar refractivity (Wildman–Crippen MR) is 88.7 cm³/mol. The lowest BCUT2D eigenvalue weighted by molar-refractivity contribution is -0.162. The minimum absolute atomic E-state index is 0.103. The van der Waals surface area contributed by atoms with E-state index in [1.54, 1.807) is 18.2 Å². The zero-order valence-electron chi connectivity index (χ0n) is 14.2. The molecule has 1 aliphatic heterocycles. The van der Waals surface area contributed by atoms with Gasteiger partial charge in [-0.25, -0.2) is 0 Å². The number of ether oxygens (including phenoxy) is 2. The van der Waals surface area contributed by atoms with Crippen molar-refractivity contribution in [3.63, 3.8) is 0 Å². The summed E-state index contributed by atoms with van der Waals surface area (Å²) < 4.78 is 10.8. The van der Waals surface area contributed by atoms with Crippen LogP contribution in [0.25, 0.3) is 0 Å². The summed E-state index contributed by atoms with van der Waals surface area (Å²) in [7, 11) is 1.51. The SMILES string of the molecule is COc1cc(CCC(=O)OC(C)(C)C2CCNCC2)ccc1O. The van der Waals surface area contributed by atoms with Crippen molar-refractivity contribution in [3.8, 4) is 11.5 Å². The highest BCUT2D eigenvalue weighted by atomic mass is 16.6. The summed E-state index contributed by atoms with van der Waals surface area (Å²) >= 11 is 0. The summed E-state index contributed by atoms with van der Waals surface area (Å²) in [6.45, 7) is 5.98. The standard InChI is InChI=1S/C18H27NO4/c1-18(2,14-8-10-19-11-9-14)23-17(21)7-5-13-4-6-15(20)16(12-13)22-3/h4,6,12,14,19-20H,5,7-11H2,1-3H3. The van der Waals surface area contributed by atoms with Crippen LogP contribution in [-0.4, -0.2) is 36.9 Å². The number of hydrogen-bond acceptors (Lipinski definition) is 5. The smallest absolute Gasteiger partial charge is 0.306 e. The maximum atomic E-state index is 12.2. The molecule has 0 amide bonds. The molecule has 1 aromatic rings. The van der Waals surface area contributed by atoms with Gasteiger partial charge in [0.1, 0.15) is 5.60 Å². The van der Waals surface area contributed by atoms with E-state index in [0.29, 0.717) is 24.5 Å². The number of nitrogens with one attached hydrogen (secondary N) is 1. The number of esters is 1. The first-order chi connectivity index (χ1) is 10.9. The lowest BCUT2D eigenvalue weighted by atomic mass is 9.83. The molecule has 23 heavy (non-hydrogen) atoms. The van der Waals surface area contributed by atoms with Crippen LogP contribution in [0.15, 0.2) is 18.2 Å². The molecule has 2 N–H and O–H groups in total. The van der Waals surface area contributed by atoms with Crippen molar-refractivity contribution in [1.82, 2.24) is 5.32 Å². The Bertz CT molecular complexity index is 536. The Morgan fingerprint density at radius 3 is 2.70 bits per heavy atom. The Kier molecular flexibility index (Phi) is 5.88. The van der Waals surface area contributed by atoms with E-state index in [0.717, 1.165) is 31.5 Å². The topological polar surface area (TPSA) is 67.8 Å². The number of aryl methyl sites for hydroxylation is 1. The normalized spacial score (nSPS) is 16.1. The largest absolute Gasteiger partial charge is 0.504 e. The Labute approximate surface area is 138 Å². The number of hydrogen-bond donors (Lipinski definition) is 2. The number of carbonyl (C=O) groups is 1. The summed E-state index contributed by atoms with van der Waals surface area (Å²) in [5.74, 6) is 0.749. The maximum absolute atomic E-state index is 12.2. The Hall–Kier alpha value is -1.75. The number of methoxy groups -OCH3 is 1. The van der Waals surface area contributed by atoms with Crippen molar-refractivity contribution in [3.05, 3.63) is 23.8 Å². The Morgan fingerprint density at radius 2 is 2.04 bits per heavy atom. The van der Waals surface area contributed by atoms with Gasteiger partial charge >= 0.3 is 5.97 Å². The highest BCUT2D eigenvalue weighted by Gasteiger charge is 2.33. The van der Waals surface area contributed by atoms with Crippen LogP contribution in [0.3, 0.4) is 0 Å². The predicted octanol–water partition coefficient (Wildman–Crippen LogP) is 2.65. The maximum Gasteiger partial charge on any atom is 0.306 e. The number of phenolic OH excluding ortho intramolecular Hbond substituents is 1. The molecule has 0 atom stereocenters. The highest BCUT2D eigenvalue weighted by Crippen LogP contribution is 2.30. The molecular weight excluding hydrogens is 294 g/mol. The summed E-state index contributed by atoms with van der Waals surface area (Å²) in [5.41, 5.74) is 0.516. The number of phenols is 1. The number of benzene rings is 1. The lowest BCUT2D eigenvalue weighted by Crippen LogP contribution is -2.42. The molecule has 5 nitrogen and oxygen atoms in total. The van der Waals surface area contributed by atoms with E-state index in [1.165, 1.54) is 7.11 Å². The van der Waals surface area contributed by atoms with Gasteiger partial charge in [0.05, 0.1) is 7.11 Å². The van der Waals surface area contributed by atoms with Gasteiger partial charge < -0.3 is 19.9 Å². The molecule has 2 rings (SSSR count). The molecule has 0 spiro atoms. The zero-order chi connectivity index (χ0) is 16.9. The lowest BCUT2D eigenvalue weighted by Gasteiger charge is -2.36. The van der Waals surface area contributed by atoms with Gasteiger partial charge in [-0.05, 0) is 63.9 Å². The van der Waals surface area contributed by atoms with Crippen molar-refractivity contribution in [2.45, 2.75) is 45.1 Å². The van der Waals surface area contributed by atoms with E-state index in [9.17, 15) is 9.90 Å². The van der Waals surface area contributed by atoms with E-state index in [4.69, 9.17) is 9.47 Å². The van der Waals surface area contributed by atoms with E-state index in [1.807, 2.05) is 13.8 Å². The molecule has 0 radical (unpaired) electrons. The van der Waals surface area contributed by atoms with Crippen molar-refractivity contribution in [2.24, 2.45) is 5.92 Å². The molecule has 1 heterocycles. The summed E-state index contributed by atoms with van der Waals surface area (Å²) in [6.07, 6.45) is 2.96. The van der Waals surface area contributed by atoms with Crippen molar-refractivity contribution >= 4 is 5.97 Å². The van der Waals surface area contributed by atoms with Crippen LogP contribution in [0.5, 0.6) is 11.5 Å². The number of rotatable bonds is 6. The molecule has 1 aromatic carbocycles. The molecule has 1 aliphatic rings.